The number of hydrogen-bond acceptors (Lipinski definition) is 4. The second-order valence-electron chi connectivity index (χ2n) is 26.8. The fourth-order valence-electron chi connectivity index (χ4n) is 13.2. The first-order valence-corrected chi connectivity index (χ1v) is 46.1. The van der Waals surface area contributed by atoms with Gasteiger partial charge >= 0.3 is 0 Å². The average Bonchev–Trinajstić information content (AvgIpc) is 0.773. The van der Waals surface area contributed by atoms with Crippen molar-refractivity contribution in [3.63, 3.8) is 0 Å². The molecule has 16 aromatic carbocycles. The third kappa shape index (κ3) is 21.8. The van der Waals surface area contributed by atoms with Crippen LogP contribution in [0.5, 0.6) is 34.5 Å². The van der Waals surface area contributed by atoms with Crippen molar-refractivity contribution in [3.05, 3.63) is 447 Å². The maximum absolute atomic E-state index is 13.2. The molecule has 19 rings (SSSR count). The van der Waals surface area contributed by atoms with Crippen LogP contribution < -0.4 is 14.2 Å². The summed E-state index contributed by atoms with van der Waals surface area (Å²) in [6.45, 7) is 2.12. The quantitative estimate of drug-likeness (QED) is 0.0923. The third-order valence-electron chi connectivity index (χ3n) is 18.8. The van der Waals surface area contributed by atoms with Crippen molar-refractivity contribution in [3.8, 4) is 34.5 Å². The van der Waals surface area contributed by atoms with E-state index in [0.29, 0.717) is 10.9 Å². The zero-order valence-electron chi connectivity index (χ0n) is 64.5. The molecule has 4 nitrogen and oxygen atoms in total. The highest BCUT2D eigenvalue weighted by Crippen LogP contribution is 2.49. The fraction of sp³-hybridized carbons (Fsp3) is 0.0680. The van der Waals surface area contributed by atoms with E-state index in [2.05, 4.69) is 207 Å². The molecule has 0 amide bonds. The number of benzene rings is 16. The first-order chi connectivity index (χ1) is 57.5. The van der Waals surface area contributed by atoms with E-state index in [-0.39, 0.29) is 72.6 Å². The molecule has 1 fully saturated rings. The molecule has 14 heteroatoms. The summed E-state index contributed by atoms with van der Waals surface area (Å²) in [6, 6.07) is 136. The Balaban J connectivity index is 0.000000116. The maximum atomic E-state index is 13.2. The van der Waals surface area contributed by atoms with Crippen LogP contribution in [-0.2, 0) is 65.4 Å². The number of halogens is 4. The topological polar surface area (TPSA) is 47.9 Å². The smallest absolute Gasteiger partial charge is 0.209 e. The van der Waals surface area contributed by atoms with Crippen LogP contribution in [0.3, 0.4) is 0 Å². The number of aromatic hydroxyl groups is 1. The van der Waals surface area contributed by atoms with Gasteiger partial charge in [-0.3, -0.25) is 0 Å². The lowest BCUT2D eigenvalue weighted by atomic mass is 10.2. The molecule has 16 aromatic rings. The first kappa shape index (κ1) is 82.1. The number of hydrogen-bond donors (Lipinski definition) is 1. The lowest BCUT2D eigenvalue weighted by Gasteiger charge is -2.19. The van der Waals surface area contributed by atoms with Gasteiger partial charge < -0.3 is 19.3 Å². The van der Waals surface area contributed by atoms with E-state index in [1.54, 1.807) is 60.5 Å². The van der Waals surface area contributed by atoms with Crippen LogP contribution in [0.25, 0.3) is 0 Å². The predicted octanol–water partition coefficient (Wildman–Crippen LogP) is 27.5. The van der Waals surface area contributed by atoms with E-state index in [1.807, 2.05) is 121 Å². The van der Waals surface area contributed by atoms with E-state index >= 15 is 0 Å². The molecule has 117 heavy (non-hydrogen) atoms. The summed E-state index contributed by atoms with van der Waals surface area (Å²) in [5.41, 5.74) is 1.29. The van der Waals surface area contributed by atoms with E-state index in [1.165, 1.54) is 139 Å². The Hall–Kier alpha value is -11.5. The summed E-state index contributed by atoms with van der Waals surface area (Å²) in [5, 5.41) is 9.52. The van der Waals surface area contributed by atoms with E-state index in [4.69, 9.17) is 14.2 Å². The SMILES string of the molecule is COc1ccc([S+](c2ccccc2)c2ccccc2)cc1.Cc1ccc([S+]2c3ccccc3Oc3ccccc32)cc1.Fc1ccc([S+](c2ccc(F)cc2)c2ccc(F)cc2)cc1.Fc1ccc([S+](c2ccccc2)c2ccccc2)cc1.Oc1ccc([S+]2c3ccccc3Oc3ccccc32)cc1.c1ccc([S+]2CCCCC2)cc1. The molecule has 3 aliphatic heterocycles. The molecule has 1 saturated heterocycles. The summed E-state index contributed by atoms with van der Waals surface area (Å²) in [4.78, 5) is 19.2. The fourth-order valence-corrected chi connectivity index (χ4v) is 26.1. The molecule has 1 N–H and O–H groups in total. The van der Waals surface area contributed by atoms with Gasteiger partial charge in [-0.25, -0.2) is 17.6 Å². The number of phenols is 1. The first-order valence-electron chi connectivity index (χ1n) is 38.4. The van der Waals surface area contributed by atoms with Crippen molar-refractivity contribution < 1.29 is 36.9 Å². The molecular formula is C103H86F4O4S6+6. The number of para-hydroxylation sites is 4. The summed E-state index contributed by atoms with van der Waals surface area (Å²) in [7, 11) is 1.19. The second-order valence-corrected chi connectivity index (χ2v) is 39.1. The Morgan fingerprint density at radius 3 is 0.803 bits per heavy atom. The van der Waals surface area contributed by atoms with Crippen LogP contribution >= 0.6 is 0 Å². The molecule has 580 valence electrons. The lowest BCUT2D eigenvalue weighted by molar-refractivity contribution is 0.414. The van der Waals surface area contributed by atoms with Gasteiger partial charge in [0.25, 0.3) is 0 Å². The number of rotatable bonds is 13. The number of aryl methyl sites for hydroxylation is 1. The number of methoxy groups -OCH3 is 1. The summed E-state index contributed by atoms with van der Waals surface area (Å²) in [5.74, 6) is 6.68. The van der Waals surface area contributed by atoms with Crippen LogP contribution in [0, 0.1) is 30.2 Å². The summed E-state index contributed by atoms with van der Waals surface area (Å²) in [6.07, 6.45) is 4.34. The molecule has 0 unspecified atom stereocenters. The molecule has 0 aliphatic carbocycles. The van der Waals surface area contributed by atoms with Crippen molar-refractivity contribution >= 4 is 65.4 Å². The van der Waals surface area contributed by atoms with Crippen molar-refractivity contribution in [1.29, 1.82) is 0 Å². The Morgan fingerprint density at radius 1 is 0.265 bits per heavy atom. The van der Waals surface area contributed by atoms with Crippen LogP contribution in [0.4, 0.5) is 17.6 Å². The maximum Gasteiger partial charge on any atom is 0.209 e. The highest BCUT2D eigenvalue weighted by Gasteiger charge is 2.41. The summed E-state index contributed by atoms with van der Waals surface area (Å²) >= 11 is 0. The van der Waals surface area contributed by atoms with Gasteiger partial charge in [-0.2, -0.15) is 0 Å². The zero-order chi connectivity index (χ0) is 80.5. The van der Waals surface area contributed by atoms with Crippen molar-refractivity contribution in [2.24, 2.45) is 0 Å². The zero-order valence-corrected chi connectivity index (χ0v) is 69.4. The third-order valence-corrected chi connectivity index (χ3v) is 32.6. The van der Waals surface area contributed by atoms with Gasteiger partial charge in [-0.1, -0.05) is 157 Å². The van der Waals surface area contributed by atoms with Gasteiger partial charge in [-0.05, 0) is 293 Å². The minimum Gasteiger partial charge on any atom is -0.508 e. The Kier molecular flexibility index (Phi) is 29.0. The average molecular weight is 1660 g/mol. The van der Waals surface area contributed by atoms with Crippen LogP contribution in [0.15, 0.2) is 497 Å². The van der Waals surface area contributed by atoms with E-state index in [9.17, 15) is 22.7 Å². The van der Waals surface area contributed by atoms with Crippen molar-refractivity contribution in [1.82, 2.24) is 0 Å². The molecule has 0 spiro atoms. The molecule has 0 bridgehead atoms. The number of phenolic OH excluding ortho intramolecular Hbond substituents is 1. The van der Waals surface area contributed by atoms with Gasteiger partial charge in [0.2, 0.25) is 19.6 Å². The second kappa shape index (κ2) is 41.4. The van der Waals surface area contributed by atoms with Gasteiger partial charge in [0.15, 0.2) is 81.7 Å². The molecule has 0 radical (unpaired) electrons. The normalized spacial score (nSPS) is 12.5. The minimum atomic E-state index is -0.539. The molecule has 0 saturated carbocycles. The number of fused-ring (bicyclic) bond motifs is 4. The highest BCUT2D eigenvalue weighted by molar-refractivity contribution is 7.98. The largest absolute Gasteiger partial charge is 0.508 e. The molecule has 3 aliphatic rings. The Labute approximate surface area is 701 Å². The highest BCUT2D eigenvalue weighted by atomic mass is 32.2. The minimum absolute atomic E-state index is 0.0804. The summed E-state index contributed by atoms with van der Waals surface area (Å²) < 4.78 is 70.0. The van der Waals surface area contributed by atoms with Gasteiger partial charge in [-0.15, -0.1) is 0 Å². The monoisotopic (exact) mass is 1650 g/mol. The molecule has 3 heterocycles. The molecule has 0 aromatic heterocycles. The molecule has 0 atom stereocenters. The predicted molar refractivity (Wildman–Crippen MR) is 476 cm³/mol. The van der Waals surface area contributed by atoms with Gasteiger partial charge in [0, 0.05) is 10.9 Å². The van der Waals surface area contributed by atoms with E-state index in [0.717, 1.165) is 48.3 Å². The lowest BCUT2D eigenvalue weighted by Crippen LogP contribution is -2.17. The van der Waals surface area contributed by atoms with Crippen LogP contribution in [0.1, 0.15) is 24.8 Å². The number of ether oxygens (including phenoxy) is 3. The Morgan fingerprint density at radius 2 is 0.513 bits per heavy atom. The van der Waals surface area contributed by atoms with E-state index < -0.39 is 10.9 Å². The van der Waals surface area contributed by atoms with Crippen LogP contribution in [0.2, 0.25) is 0 Å². The molecular weight excluding hydrogens is 1570 g/mol. The van der Waals surface area contributed by atoms with Gasteiger partial charge in [0.05, 0.1) is 39.8 Å². The standard InChI is InChI=1S/C19H15OS.C19H17OS.C18H12F3S.C18H14FS.C18H12O2S.C11H15S/c1-14-10-12-15(13-11-14)21-18-8-4-2-6-16(18)20-17-7-3-5-9-19(17)21;1-20-16-12-14-19(15-13-16)21(17-8-4-2-5-9-17)18-10-6-3-7-11-18;19-13-1-7-16(8-2-13)22(17-9-3-14(20)4-10-17)18-11-5-15(21)6-12-18;19-15-11-13-18(14-12-15)20(16-7-3-1-4-8-16)17-9-5-2-6-10-17;19-13-9-11-14(12-10-13)21-17-7-3-1-5-15(17)20-16-6-2-4-8-18(16)21;1-3-7-11(8-4-1)12-9-5-2-6-10-12/h2-13H,1H3;2-15H,1H3;1-12H;1-14H;1-12H;1,3-4,7-8H,2,5-6,9-10H2/q4*+1;;+1/p+1. The Bertz CT molecular complexity index is 5310. The van der Waals surface area contributed by atoms with Crippen LogP contribution in [-0.4, -0.2) is 23.7 Å². The van der Waals surface area contributed by atoms with Gasteiger partial charge in [0.1, 0.15) is 68.1 Å². The van der Waals surface area contributed by atoms with Crippen molar-refractivity contribution in [2.75, 3.05) is 18.6 Å². The van der Waals surface area contributed by atoms with Crippen molar-refractivity contribution in [2.45, 2.75) is 105 Å².